The average Bonchev–Trinajstić information content (AvgIpc) is 3.68. The van der Waals surface area contributed by atoms with Crippen molar-refractivity contribution in [3.05, 3.63) is 89.5 Å². The Labute approximate surface area is 221 Å². The van der Waals surface area contributed by atoms with Crippen LogP contribution in [0.3, 0.4) is 0 Å². The minimum Gasteiger partial charge on any atom is -0.485 e. The van der Waals surface area contributed by atoms with Crippen molar-refractivity contribution in [3.8, 4) is 16.9 Å². The molecule has 6 nitrogen and oxygen atoms in total. The molecule has 0 unspecified atom stereocenters. The maximum absolute atomic E-state index is 15.1. The highest BCUT2D eigenvalue weighted by atomic mass is 32.2. The van der Waals surface area contributed by atoms with E-state index < -0.39 is 33.0 Å². The number of para-hydroxylation sites is 1. The van der Waals surface area contributed by atoms with Crippen LogP contribution in [0.1, 0.15) is 43.2 Å². The van der Waals surface area contributed by atoms with Crippen LogP contribution >= 0.6 is 0 Å². The SMILES string of the molecule is NC(=O)[C@@]1(Cc2ccc(F)c(-c3cccc(F)c3OCc3ccccc3)c2)CC[C@H](NS(=O)(=O)C2CC2)C1. The molecule has 3 N–H and O–H groups in total. The summed E-state index contributed by atoms with van der Waals surface area (Å²) in [5.74, 6) is -1.75. The fraction of sp³-hybridized carbons (Fsp3) is 0.345. The largest absolute Gasteiger partial charge is 0.485 e. The molecule has 3 aromatic rings. The number of carbonyl (C=O) groups is 1. The second-order valence-electron chi connectivity index (χ2n) is 10.3. The Hall–Kier alpha value is -3.30. The Bertz CT molecular complexity index is 1440. The van der Waals surface area contributed by atoms with Crippen LogP contribution in [0.15, 0.2) is 66.7 Å². The van der Waals surface area contributed by atoms with Crippen LogP contribution in [0, 0.1) is 17.0 Å². The third-order valence-electron chi connectivity index (χ3n) is 7.48. The van der Waals surface area contributed by atoms with Gasteiger partial charge in [-0.3, -0.25) is 4.79 Å². The van der Waals surface area contributed by atoms with E-state index >= 15 is 4.39 Å². The first-order valence-electron chi connectivity index (χ1n) is 12.7. The highest BCUT2D eigenvalue weighted by Crippen LogP contribution is 2.43. The number of amides is 1. The minimum absolute atomic E-state index is 0.0626. The van der Waals surface area contributed by atoms with Crippen molar-refractivity contribution in [2.45, 2.75) is 56.4 Å². The van der Waals surface area contributed by atoms with Gasteiger partial charge in [-0.05, 0) is 67.9 Å². The lowest BCUT2D eigenvalue weighted by atomic mass is 9.78. The van der Waals surface area contributed by atoms with E-state index in [-0.39, 0.29) is 47.6 Å². The lowest BCUT2D eigenvalue weighted by molar-refractivity contribution is -0.127. The van der Waals surface area contributed by atoms with E-state index in [1.165, 1.54) is 18.2 Å². The molecule has 5 rings (SSSR count). The normalized spacial score (nSPS) is 21.4. The van der Waals surface area contributed by atoms with Crippen molar-refractivity contribution in [2.24, 2.45) is 11.1 Å². The number of sulfonamides is 1. The number of rotatable bonds is 10. The monoisotopic (exact) mass is 540 g/mol. The molecule has 0 radical (unpaired) electrons. The lowest BCUT2D eigenvalue weighted by Gasteiger charge is -2.26. The van der Waals surface area contributed by atoms with Gasteiger partial charge in [0.15, 0.2) is 11.6 Å². The Kier molecular flexibility index (Phi) is 7.24. The molecule has 9 heteroatoms. The first kappa shape index (κ1) is 26.3. The van der Waals surface area contributed by atoms with Gasteiger partial charge < -0.3 is 10.5 Å². The minimum atomic E-state index is -3.40. The molecule has 2 aliphatic carbocycles. The molecule has 2 atom stereocenters. The second-order valence-corrected chi connectivity index (χ2v) is 12.3. The number of benzene rings is 3. The number of carbonyl (C=O) groups excluding carboxylic acids is 1. The molecule has 0 saturated heterocycles. The van der Waals surface area contributed by atoms with E-state index in [0.717, 1.165) is 5.56 Å². The zero-order chi connectivity index (χ0) is 26.9. The molecule has 0 spiro atoms. The Morgan fingerprint density at radius 1 is 0.947 bits per heavy atom. The number of halogens is 2. The van der Waals surface area contributed by atoms with Crippen LogP contribution in [0.4, 0.5) is 8.78 Å². The predicted octanol–water partition coefficient (Wildman–Crippen LogP) is 4.86. The summed E-state index contributed by atoms with van der Waals surface area (Å²) in [6.07, 6.45) is 2.69. The van der Waals surface area contributed by atoms with Crippen molar-refractivity contribution in [2.75, 3.05) is 0 Å². The Morgan fingerprint density at radius 2 is 1.71 bits per heavy atom. The molecule has 1 amide bonds. The van der Waals surface area contributed by atoms with Crippen LogP contribution in [-0.2, 0) is 27.8 Å². The van der Waals surface area contributed by atoms with Gasteiger partial charge in [0.05, 0.1) is 10.7 Å². The summed E-state index contributed by atoms with van der Waals surface area (Å²) in [6.45, 7) is 0.110. The molecule has 2 saturated carbocycles. The smallest absolute Gasteiger partial charge is 0.224 e. The fourth-order valence-electron chi connectivity index (χ4n) is 5.28. The van der Waals surface area contributed by atoms with Gasteiger partial charge in [-0.2, -0.15) is 0 Å². The van der Waals surface area contributed by atoms with Gasteiger partial charge in [0, 0.05) is 17.2 Å². The van der Waals surface area contributed by atoms with Gasteiger partial charge in [0.2, 0.25) is 15.9 Å². The van der Waals surface area contributed by atoms with Crippen LogP contribution in [-0.4, -0.2) is 25.6 Å². The molecule has 0 aliphatic heterocycles. The number of nitrogens with two attached hydrogens (primary N) is 1. The number of hydrogen-bond donors (Lipinski definition) is 2. The standard InChI is InChI=1S/C29H30F2N2O4S/c30-25-12-9-20(16-29(28(32)34)14-13-21(17-29)33-38(35,36)22-10-11-22)15-24(25)23-7-4-8-26(31)27(23)37-18-19-5-2-1-3-6-19/h1-9,12,15,21-22,33H,10-11,13-14,16-18H2,(H2,32,34)/t21-,29+/m0/s1. The second kappa shape index (κ2) is 10.5. The van der Waals surface area contributed by atoms with Gasteiger partial charge >= 0.3 is 0 Å². The molecule has 0 heterocycles. The van der Waals surface area contributed by atoms with Crippen molar-refractivity contribution in [1.29, 1.82) is 0 Å². The maximum Gasteiger partial charge on any atom is 0.224 e. The zero-order valence-electron chi connectivity index (χ0n) is 20.8. The highest BCUT2D eigenvalue weighted by Gasteiger charge is 2.46. The van der Waals surface area contributed by atoms with E-state index in [1.54, 1.807) is 18.2 Å². The van der Waals surface area contributed by atoms with Crippen molar-refractivity contribution in [1.82, 2.24) is 4.72 Å². The van der Waals surface area contributed by atoms with Crippen molar-refractivity contribution >= 4 is 15.9 Å². The van der Waals surface area contributed by atoms with E-state index in [2.05, 4.69) is 4.72 Å². The van der Waals surface area contributed by atoms with E-state index in [9.17, 15) is 17.6 Å². The maximum atomic E-state index is 15.1. The topological polar surface area (TPSA) is 98.5 Å². The highest BCUT2D eigenvalue weighted by molar-refractivity contribution is 7.90. The first-order chi connectivity index (χ1) is 18.2. The summed E-state index contributed by atoms with van der Waals surface area (Å²) in [5.41, 5.74) is 6.75. The molecule has 0 bridgehead atoms. The van der Waals surface area contributed by atoms with Gasteiger partial charge in [0.1, 0.15) is 12.4 Å². The molecule has 2 fully saturated rings. The van der Waals surface area contributed by atoms with Gasteiger partial charge in [-0.15, -0.1) is 0 Å². The molecule has 2 aliphatic rings. The summed E-state index contributed by atoms with van der Waals surface area (Å²) in [6, 6.07) is 17.7. The zero-order valence-corrected chi connectivity index (χ0v) is 21.6. The number of hydrogen-bond acceptors (Lipinski definition) is 4. The fourth-order valence-corrected chi connectivity index (χ4v) is 6.90. The number of ether oxygens (including phenoxy) is 1. The Balaban J connectivity index is 1.40. The number of primary amides is 1. The molecular weight excluding hydrogens is 510 g/mol. The van der Waals surface area contributed by atoms with E-state index in [4.69, 9.17) is 10.5 Å². The molecular formula is C29H30F2N2O4S. The van der Waals surface area contributed by atoms with Crippen LogP contribution in [0.2, 0.25) is 0 Å². The van der Waals surface area contributed by atoms with Crippen LogP contribution in [0.25, 0.3) is 11.1 Å². The third kappa shape index (κ3) is 5.59. The molecule has 0 aromatic heterocycles. The third-order valence-corrected chi connectivity index (χ3v) is 9.49. The van der Waals surface area contributed by atoms with E-state index in [1.807, 2.05) is 30.3 Å². The average molecular weight is 541 g/mol. The summed E-state index contributed by atoms with van der Waals surface area (Å²) in [7, 11) is -3.40. The number of nitrogens with one attached hydrogen (secondary N) is 1. The molecule has 38 heavy (non-hydrogen) atoms. The van der Waals surface area contributed by atoms with E-state index in [0.29, 0.717) is 31.2 Å². The van der Waals surface area contributed by atoms with Gasteiger partial charge in [0.25, 0.3) is 0 Å². The first-order valence-corrected chi connectivity index (χ1v) is 14.3. The summed E-state index contributed by atoms with van der Waals surface area (Å²) < 4.78 is 63.3. The van der Waals surface area contributed by atoms with Gasteiger partial charge in [-0.25, -0.2) is 21.9 Å². The summed E-state index contributed by atoms with van der Waals surface area (Å²) >= 11 is 0. The molecule has 3 aromatic carbocycles. The summed E-state index contributed by atoms with van der Waals surface area (Å²) in [5, 5.41) is -0.352. The Morgan fingerprint density at radius 3 is 2.42 bits per heavy atom. The quantitative estimate of drug-likeness (QED) is 0.384. The van der Waals surface area contributed by atoms with Crippen LogP contribution < -0.4 is 15.2 Å². The predicted molar refractivity (Wildman–Crippen MR) is 141 cm³/mol. The van der Waals surface area contributed by atoms with Gasteiger partial charge in [-0.1, -0.05) is 48.5 Å². The van der Waals surface area contributed by atoms with Crippen molar-refractivity contribution in [3.63, 3.8) is 0 Å². The lowest BCUT2D eigenvalue weighted by Crippen LogP contribution is -2.40. The summed E-state index contributed by atoms with van der Waals surface area (Å²) in [4.78, 5) is 12.6. The van der Waals surface area contributed by atoms with Crippen molar-refractivity contribution < 1.29 is 26.7 Å². The van der Waals surface area contributed by atoms with Crippen LogP contribution in [0.5, 0.6) is 5.75 Å². The molecule has 200 valence electrons.